The number of carbonyl (C=O) groups is 1. The lowest BCUT2D eigenvalue weighted by Gasteiger charge is -2.13. The summed E-state index contributed by atoms with van der Waals surface area (Å²) in [6.07, 6.45) is 1.59. The molecule has 0 saturated carbocycles. The Bertz CT molecular complexity index is 623. The number of nitrogens with two attached hydrogens (primary N) is 1. The number of nitrogen functional groups attached to an aromatic ring is 1. The Hall–Kier alpha value is -2.41. The van der Waals surface area contributed by atoms with Crippen molar-refractivity contribution in [2.24, 2.45) is 5.84 Å². The van der Waals surface area contributed by atoms with Gasteiger partial charge in [0, 0.05) is 12.1 Å². The van der Waals surface area contributed by atoms with Crippen molar-refractivity contribution in [3.05, 3.63) is 41.8 Å². The van der Waals surface area contributed by atoms with Gasteiger partial charge in [-0.1, -0.05) is 6.07 Å². The molecule has 0 aliphatic rings. The van der Waals surface area contributed by atoms with E-state index in [0.29, 0.717) is 5.82 Å². The Morgan fingerprint density at radius 3 is 2.80 bits per heavy atom. The second-order valence-electron chi connectivity index (χ2n) is 4.52. The highest BCUT2D eigenvalue weighted by Crippen LogP contribution is 2.21. The van der Waals surface area contributed by atoms with Crippen molar-refractivity contribution in [3.63, 3.8) is 0 Å². The van der Waals surface area contributed by atoms with Gasteiger partial charge in [0.25, 0.3) is 5.91 Å². The van der Waals surface area contributed by atoms with E-state index in [4.69, 9.17) is 5.84 Å². The number of benzene rings is 1. The molecule has 6 nitrogen and oxygen atoms in total. The average molecular weight is 277 g/mol. The lowest BCUT2D eigenvalue weighted by atomic mass is 10.1. The predicted octanol–water partition coefficient (Wildman–Crippen LogP) is 2.14. The van der Waals surface area contributed by atoms with E-state index in [-0.39, 0.29) is 17.3 Å². The number of nitrogens with one attached hydrogen (secondary N) is 2. The summed E-state index contributed by atoms with van der Waals surface area (Å²) in [6.45, 7) is 3.88. The molecule has 7 heteroatoms. The third-order valence-electron chi connectivity index (χ3n) is 2.80. The van der Waals surface area contributed by atoms with Gasteiger partial charge in [-0.2, -0.15) is 5.10 Å². The fourth-order valence-corrected chi connectivity index (χ4v) is 1.87. The zero-order chi connectivity index (χ0) is 14.7. The van der Waals surface area contributed by atoms with Gasteiger partial charge < -0.3 is 10.7 Å². The molecule has 0 fully saturated rings. The summed E-state index contributed by atoms with van der Waals surface area (Å²) in [5.41, 5.74) is 2.29. The zero-order valence-corrected chi connectivity index (χ0v) is 11.2. The molecule has 0 radical (unpaired) electrons. The first-order valence-corrected chi connectivity index (χ1v) is 6.14. The van der Waals surface area contributed by atoms with Gasteiger partial charge in [0.05, 0.1) is 17.4 Å². The lowest BCUT2D eigenvalue weighted by Crippen LogP contribution is -2.20. The molecule has 0 bridgehead atoms. The maximum Gasteiger partial charge on any atom is 0.259 e. The fourth-order valence-electron chi connectivity index (χ4n) is 1.87. The van der Waals surface area contributed by atoms with E-state index >= 15 is 0 Å². The van der Waals surface area contributed by atoms with E-state index in [0.717, 1.165) is 0 Å². The largest absolute Gasteiger partial charge is 0.321 e. The van der Waals surface area contributed by atoms with E-state index in [9.17, 15) is 9.18 Å². The number of aromatic nitrogens is 2. The Kier molecular flexibility index (Phi) is 3.99. The maximum absolute atomic E-state index is 13.6. The van der Waals surface area contributed by atoms with E-state index < -0.39 is 11.7 Å². The molecule has 1 amide bonds. The molecule has 1 heterocycles. The van der Waals surface area contributed by atoms with Crippen LogP contribution in [0.3, 0.4) is 0 Å². The van der Waals surface area contributed by atoms with Gasteiger partial charge in [0.15, 0.2) is 0 Å². The van der Waals surface area contributed by atoms with Gasteiger partial charge in [-0.25, -0.2) is 9.07 Å². The van der Waals surface area contributed by atoms with Crippen LogP contribution < -0.4 is 16.6 Å². The van der Waals surface area contributed by atoms with Crippen molar-refractivity contribution in [3.8, 4) is 0 Å². The van der Waals surface area contributed by atoms with Crippen LogP contribution in [0.15, 0.2) is 30.5 Å². The van der Waals surface area contributed by atoms with E-state index in [2.05, 4.69) is 15.8 Å². The minimum Gasteiger partial charge on any atom is -0.321 e. The molecule has 2 rings (SSSR count). The first kappa shape index (κ1) is 14.0. The monoisotopic (exact) mass is 277 g/mol. The predicted molar refractivity (Wildman–Crippen MR) is 74.8 cm³/mol. The average Bonchev–Trinajstić information content (AvgIpc) is 2.86. The van der Waals surface area contributed by atoms with Gasteiger partial charge in [-0.3, -0.25) is 10.6 Å². The highest BCUT2D eigenvalue weighted by atomic mass is 19.1. The number of hydrogen-bond acceptors (Lipinski definition) is 4. The number of hydrogen-bond donors (Lipinski definition) is 3. The smallest absolute Gasteiger partial charge is 0.259 e. The summed E-state index contributed by atoms with van der Waals surface area (Å²) < 4.78 is 15.2. The van der Waals surface area contributed by atoms with Gasteiger partial charge in [-0.15, -0.1) is 0 Å². The molecule has 0 atom stereocenters. The SMILES string of the molecule is CC(C)n1nccc1NC(=O)c1cccc(F)c1NN. The second kappa shape index (κ2) is 5.70. The van der Waals surface area contributed by atoms with Crippen molar-refractivity contribution >= 4 is 17.4 Å². The number of carbonyl (C=O) groups excluding carboxylic acids is 1. The summed E-state index contributed by atoms with van der Waals surface area (Å²) >= 11 is 0. The molecule has 1 aromatic heterocycles. The van der Waals surface area contributed by atoms with Crippen LogP contribution in [-0.2, 0) is 0 Å². The van der Waals surface area contributed by atoms with Gasteiger partial charge in [-0.05, 0) is 26.0 Å². The van der Waals surface area contributed by atoms with Crippen molar-refractivity contribution in [1.82, 2.24) is 9.78 Å². The minimum absolute atomic E-state index is 0.0411. The third kappa shape index (κ3) is 2.62. The molecule has 20 heavy (non-hydrogen) atoms. The number of rotatable bonds is 4. The standard InChI is InChI=1S/C13H16FN5O/c1-8(2)19-11(6-7-16-19)17-13(20)9-4-3-5-10(14)12(9)18-15/h3-8,18H,15H2,1-2H3,(H,17,20). The van der Waals surface area contributed by atoms with E-state index in [1.807, 2.05) is 13.8 Å². The summed E-state index contributed by atoms with van der Waals surface area (Å²) in [6, 6.07) is 5.94. The minimum atomic E-state index is -0.586. The van der Waals surface area contributed by atoms with Crippen LogP contribution in [0.4, 0.5) is 15.9 Å². The summed E-state index contributed by atoms with van der Waals surface area (Å²) in [5, 5.41) is 6.80. The molecule has 0 saturated heterocycles. The first-order valence-electron chi connectivity index (χ1n) is 6.14. The summed E-state index contributed by atoms with van der Waals surface area (Å²) in [5.74, 6) is 4.75. The Balaban J connectivity index is 2.29. The molecule has 1 aromatic carbocycles. The van der Waals surface area contributed by atoms with E-state index in [1.54, 1.807) is 16.9 Å². The molecular formula is C13H16FN5O. The van der Waals surface area contributed by atoms with Crippen LogP contribution in [0.2, 0.25) is 0 Å². The Morgan fingerprint density at radius 1 is 1.40 bits per heavy atom. The molecule has 2 aromatic rings. The molecule has 4 N–H and O–H groups in total. The molecule has 0 aliphatic heterocycles. The maximum atomic E-state index is 13.6. The fraction of sp³-hybridized carbons (Fsp3) is 0.231. The molecule has 106 valence electrons. The van der Waals surface area contributed by atoms with Crippen molar-refractivity contribution in [2.75, 3.05) is 10.7 Å². The zero-order valence-electron chi connectivity index (χ0n) is 11.2. The van der Waals surface area contributed by atoms with Crippen LogP contribution in [0.25, 0.3) is 0 Å². The van der Waals surface area contributed by atoms with Gasteiger partial charge in [0.2, 0.25) is 0 Å². The van der Waals surface area contributed by atoms with Crippen LogP contribution in [0.5, 0.6) is 0 Å². The Morgan fingerprint density at radius 2 is 2.15 bits per heavy atom. The third-order valence-corrected chi connectivity index (χ3v) is 2.80. The normalized spacial score (nSPS) is 10.7. The topological polar surface area (TPSA) is 85.0 Å². The highest BCUT2D eigenvalue weighted by molar-refractivity contribution is 6.07. The number of anilines is 2. The first-order chi connectivity index (χ1) is 9.54. The molecule has 0 spiro atoms. The number of para-hydroxylation sites is 1. The van der Waals surface area contributed by atoms with Crippen molar-refractivity contribution in [1.29, 1.82) is 0 Å². The van der Waals surface area contributed by atoms with Crippen LogP contribution >= 0.6 is 0 Å². The van der Waals surface area contributed by atoms with Crippen LogP contribution in [0, 0.1) is 5.82 Å². The van der Waals surface area contributed by atoms with E-state index in [1.165, 1.54) is 18.2 Å². The van der Waals surface area contributed by atoms with Gasteiger partial charge in [0.1, 0.15) is 11.6 Å². The quantitative estimate of drug-likeness (QED) is 0.590. The molecular weight excluding hydrogens is 261 g/mol. The van der Waals surface area contributed by atoms with Crippen LogP contribution in [0.1, 0.15) is 30.2 Å². The lowest BCUT2D eigenvalue weighted by molar-refractivity contribution is 0.102. The highest BCUT2D eigenvalue weighted by Gasteiger charge is 2.16. The number of halogens is 1. The van der Waals surface area contributed by atoms with Crippen molar-refractivity contribution < 1.29 is 9.18 Å². The molecule has 0 aliphatic carbocycles. The molecule has 0 unspecified atom stereocenters. The Labute approximate surface area is 115 Å². The summed E-state index contributed by atoms with van der Waals surface area (Å²) in [4.78, 5) is 12.2. The van der Waals surface area contributed by atoms with Crippen LogP contribution in [-0.4, -0.2) is 15.7 Å². The second-order valence-corrected chi connectivity index (χ2v) is 4.52. The van der Waals surface area contributed by atoms with Gasteiger partial charge >= 0.3 is 0 Å². The number of hydrazine groups is 1. The van der Waals surface area contributed by atoms with Crippen molar-refractivity contribution in [2.45, 2.75) is 19.9 Å². The number of amides is 1. The summed E-state index contributed by atoms with van der Waals surface area (Å²) in [7, 11) is 0. The number of nitrogens with zero attached hydrogens (tertiary/aromatic N) is 2.